The summed E-state index contributed by atoms with van der Waals surface area (Å²) in [4.78, 5) is 28.4. The van der Waals surface area contributed by atoms with E-state index in [1.165, 1.54) is 0 Å². The summed E-state index contributed by atoms with van der Waals surface area (Å²) < 4.78 is 5.30. The van der Waals surface area contributed by atoms with Gasteiger partial charge in [-0.2, -0.15) is 0 Å². The molecule has 5 aromatic carbocycles. The summed E-state index contributed by atoms with van der Waals surface area (Å²) in [6, 6.07) is 47.9. The number of hydrogen-bond donors (Lipinski definition) is 0. The standard InChI is InChI=1S/C22H19NO2.C13H10O/c24-21(25-17-18-10-4-1-5-11-18)16-23-22(19-12-6-2-7-13-19)20-14-8-3-9-15-20;14-13(11-7-3-1-4-8-11)12-9-5-2-6-10-12/h1-15H,16-17H2;1-10H. The van der Waals surface area contributed by atoms with Crippen LogP contribution >= 0.6 is 0 Å². The molecule has 4 heteroatoms. The number of aliphatic imine (C=N–C) groups is 1. The fourth-order valence-electron chi connectivity index (χ4n) is 3.81. The molecular formula is C35H29NO3. The van der Waals surface area contributed by atoms with Crippen molar-refractivity contribution in [2.24, 2.45) is 4.99 Å². The number of benzene rings is 5. The Morgan fingerprint density at radius 2 is 0.846 bits per heavy atom. The van der Waals surface area contributed by atoms with Gasteiger partial charge in [-0.25, -0.2) is 0 Å². The molecule has 192 valence electrons. The normalized spacial score (nSPS) is 9.95. The van der Waals surface area contributed by atoms with Crippen molar-refractivity contribution in [2.45, 2.75) is 6.61 Å². The first kappa shape index (κ1) is 27.0. The second-order valence-corrected chi connectivity index (χ2v) is 8.60. The first-order chi connectivity index (χ1) is 19.2. The summed E-state index contributed by atoms with van der Waals surface area (Å²) in [6.45, 7) is 0.257. The molecule has 0 aliphatic heterocycles. The summed E-state index contributed by atoms with van der Waals surface area (Å²) in [5.74, 6) is -0.264. The molecule has 0 spiro atoms. The fourth-order valence-corrected chi connectivity index (χ4v) is 3.81. The van der Waals surface area contributed by atoms with Gasteiger partial charge >= 0.3 is 5.97 Å². The summed E-state index contributed by atoms with van der Waals surface area (Å²) in [6.07, 6.45) is 0. The number of ketones is 1. The van der Waals surface area contributed by atoms with E-state index < -0.39 is 0 Å². The highest BCUT2D eigenvalue weighted by Crippen LogP contribution is 2.11. The van der Waals surface area contributed by atoms with Crippen molar-refractivity contribution in [3.63, 3.8) is 0 Å². The molecule has 0 atom stereocenters. The van der Waals surface area contributed by atoms with Gasteiger partial charge in [-0.05, 0) is 5.56 Å². The maximum absolute atomic E-state index is 12.1. The van der Waals surface area contributed by atoms with Crippen LogP contribution in [-0.2, 0) is 16.1 Å². The molecule has 0 aliphatic rings. The molecule has 0 heterocycles. The Morgan fingerprint density at radius 1 is 0.487 bits per heavy atom. The predicted octanol–water partition coefficient (Wildman–Crippen LogP) is 7.19. The summed E-state index contributed by atoms with van der Waals surface area (Å²) >= 11 is 0. The first-order valence-electron chi connectivity index (χ1n) is 12.7. The smallest absolute Gasteiger partial charge is 0.328 e. The average molecular weight is 512 g/mol. The Labute approximate surface area is 229 Å². The maximum atomic E-state index is 12.1. The van der Waals surface area contributed by atoms with Gasteiger partial charge in [0.05, 0.1) is 5.71 Å². The highest BCUT2D eigenvalue weighted by atomic mass is 16.5. The number of hydrogen-bond acceptors (Lipinski definition) is 4. The number of esters is 1. The Bertz CT molecular complexity index is 1390. The number of rotatable bonds is 8. The minimum atomic E-state index is -0.340. The topological polar surface area (TPSA) is 55.7 Å². The molecule has 0 fully saturated rings. The molecule has 0 saturated carbocycles. The minimum absolute atomic E-state index is 0.00798. The zero-order valence-corrected chi connectivity index (χ0v) is 21.5. The van der Waals surface area contributed by atoms with E-state index in [4.69, 9.17) is 4.74 Å². The first-order valence-corrected chi connectivity index (χ1v) is 12.7. The number of carbonyl (C=O) groups excluding carboxylic acids is 2. The van der Waals surface area contributed by atoms with Crippen LogP contribution in [0.3, 0.4) is 0 Å². The Kier molecular flexibility index (Phi) is 10.1. The molecule has 5 rings (SSSR count). The SMILES string of the molecule is O=C(CN=C(c1ccccc1)c1ccccc1)OCc1ccccc1.O=C(c1ccccc1)c1ccccc1. The van der Waals surface area contributed by atoms with Gasteiger partial charge in [0.15, 0.2) is 5.78 Å². The van der Waals surface area contributed by atoms with E-state index in [0.29, 0.717) is 0 Å². The Hall–Kier alpha value is -5.09. The van der Waals surface area contributed by atoms with Gasteiger partial charge in [-0.1, -0.05) is 152 Å². The van der Waals surface area contributed by atoms with Crippen molar-refractivity contribution in [1.29, 1.82) is 0 Å². The van der Waals surface area contributed by atoms with Crippen LogP contribution in [0.4, 0.5) is 0 Å². The molecule has 0 bridgehead atoms. The van der Waals surface area contributed by atoms with E-state index >= 15 is 0 Å². The van der Waals surface area contributed by atoms with Crippen LogP contribution in [0.2, 0.25) is 0 Å². The lowest BCUT2D eigenvalue weighted by molar-refractivity contribution is -0.143. The third-order valence-corrected chi connectivity index (χ3v) is 5.78. The fraction of sp³-hybridized carbons (Fsp3) is 0.0571. The molecule has 4 nitrogen and oxygen atoms in total. The predicted molar refractivity (Wildman–Crippen MR) is 156 cm³/mol. The van der Waals surface area contributed by atoms with Gasteiger partial charge in [-0.3, -0.25) is 14.6 Å². The largest absolute Gasteiger partial charge is 0.459 e. The van der Waals surface area contributed by atoms with Crippen LogP contribution in [0.5, 0.6) is 0 Å². The highest BCUT2D eigenvalue weighted by molar-refractivity contribution is 6.13. The molecule has 0 radical (unpaired) electrons. The number of nitrogens with zero attached hydrogens (tertiary/aromatic N) is 1. The molecule has 39 heavy (non-hydrogen) atoms. The van der Waals surface area contributed by atoms with E-state index in [2.05, 4.69) is 4.99 Å². The molecule has 0 saturated heterocycles. The van der Waals surface area contributed by atoms with Crippen molar-refractivity contribution in [2.75, 3.05) is 6.54 Å². The van der Waals surface area contributed by atoms with Crippen LogP contribution < -0.4 is 0 Å². The monoisotopic (exact) mass is 511 g/mol. The molecule has 0 N–H and O–H groups in total. The minimum Gasteiger partial charge on any atom is -0.459 e. The zero-order valence-electron chi connectivity index (χ0n) is 21.5. The van der Waals surface area contributed by atoms with E-state index in [-0.39, 0.29) is 24.9 Å². The van der Waals surface area contributed by atoms with Gasteiger partial charge in [0.1, 0.15) is 13.2 Å². The van der Waals surface area contributed by atoms with Gasteiger partial charge in [0.25, 0.3) is 0 Å². The lowest BCUT2D eigenvalue weighted by atomic mass is 10.0. The van der Waals surface area contributed by atoms with Crippen molar-refractivity contribution in [3.8, 4) is 0 Å². The van der Waals surface area contributed by atoms with Crippen molar-refractivity contribution < 1.29 is 14.3 Å². The molecule has 0 aromatic heterocycles. The lowest BCUT2D eigenvalue weighted by Gasteiger charge is -2.08. The van der Waals surface area contributed by atoms with Gasteiger partial charge in [-0.15, -0.1) is 0 Å². The van der Waals surface area contributed by atoms with E-state index in [9.17, 15) is 9.59 Å². The number of ether oxygens (including phenoxy) is 1. The third-order valence-electron chi connectivity index (χ3n) is 5.78. The molecule has 0 amide bonds. The van der Waals surface area contributed by atoms with Crippen LogP contribution in [0.1, 0.15) is 32.6 Å². The summed E-state index contributed by atoms with van der Waals surface area (Å²) in [7, 11) is 0. The molecule has 5 aromatic rings. The van der Waals surface area contributed by atoms with E-state index in [1.54, 1.807) is 0 Å². The third kappa shape index (κ3) is 8.48. The highest BCUT2D eigenvalue weighted by Gasteiger charge is 2.09. The van der Waals surface area contributed by atoms with E-state index in [0.717, 1.165) is 33.5 Å². The Balaban J connectivity index is 0.000000212. The number of carbonyl (C=O) groups is 2. The second kappa shape index (κ2) is 14.6. The van der Waals surface area contributed by atoms with Crippen LogP contribution in [0.25, 0.3) is 0 Å². The summed E-state index contributed by atoms with van der Waals surface area (Å²) in [5.41, 5.74) is 5.18. The summed E-state index contributed by atoms with van der Waals surface area (Å²) in [5, 5.41) is 0. The van der Waals surface area contributed by atoms with Crippen molar-refractivity contribution in [1.82, 2.24) is 0 Å². The average Bonchev–Trinajstić information content (AvgIpc) is 3.02. The van der Waals surface area contributed by atoms with Crippen molar-refractivity contribution in [3.05, 3.63) is 179 Å². The molecule has 0 unspecified atom stereocenters. The zero-order chi connectivity index (χ0) is 27.1. The van der Waals surface area contributed by atoms with E-state index in [1.807, 2.05) is 152 Å². The molecular weight excluding hydrogens is 482 g/mol. The second-order valence-electron chi connectivity index (χ2n) is 8.60. The molecule has 0 aliphatic carbocycles. The van der Waals surface area contributed by atoms with Crippen LogP contribution in [0, 0.1) is 0 Å². The van der Waals surface area contributed by atoms with Gasteiger partial charge < -0.3 is 4.74 Å². The van der Waals surface area contributed by atoms with Gasteiger partial charge in [0, 0.05) is 22.3 Å². The van der Waals surface area contributed by atoms with Gasteiger partial charge in [0.2, 0.25) is 0 Å². The quantitative estimate of drug-likeness (QED) is 0.126. The Morgan fingerprint density at radius 3 is 1.26 bits per heavy atom. The maximum Gasteiger partial charge on any atom is 0.328 e. The van der Waals surface area contributed by atoms with Crippen LogP contribution in [-0.4, -0.2) is 24.0 Å². The van der Waals surface area contributed by atoms with Crippen molar-refractivity contribution >= 4 is 17.5 Å². The lowest BCUT2D eigenvalue weighted by Crippen LogP contribution is -2.12. The van der Waals surface area contributed by atoms with Crippen LogP contribution in [0.15, 0.2) is 157 Å².